The maximum absolute atomic E-state index is 12.2. The summed E-state index contributed by atoms with van der Waals surface area (Å²) < 4.78 is 15.7. The van der Waals surface area contributed by atoms with E-state index >= 15 is 0 Å². The second-order valence-corrected chi connectivity index (χ2v) is 6.41. The SMILES string of the molecule is CC[C@H](SCCOc1ccc(OC)cc1)C(=O)Nc1cc(C)on1. The molecule has 0 bridgehead atoms. The van der Waals surface area contributed by atoms with Crippen LogP contribution in [0.3, 0.4) is 0 Å². The van der Waals surface area contributed by atoms with Crippen LogP contribution in [0, 0.1) is 6.92 Å². The first-order valence-electron chi connectivity index (χ1n) is 7.75. The molecule has 130 valence electrons. The number of anilines is 1. The molecule has 0 aliphatic rings. The van der Waals surface area contributed by atoms with Gasteiger partial charge >= 0.3 is 0 Å². The predicted octanol–water partition coefficient (Wildman–Crippen LogP) is 3.52. The van der Waals surface area contributed by atoms with Gasteiger partial charge in [0.2, 0.25) is 5.91 Å². The van der Waals surface area contributed by atoms with Crippen LogP contribution in [0.2, 0.25) is 0 Å². The minimum Gasteiger partial charge on any atom is -0.497 e. The van der Waals surface area contributed by atoms with Crippen molar-refractivity contribution in [3.63, 3.8) is 0 Å². The summed E-state index contributed by atoms with van der Waals surface area (Å²) in [7, 11) is 1.63. The Kier molecular flexibility index (Phi) is 6.99. The van der Waals surface area contributed by atoms with Gasteiger partial charge in [-0.2, -0.15) is 0 Å². The van der Waals surface area contributed by atoms with E-state index in [4.69, 9.17) is 14.0 Å². The number of benzene rings is 1. The molecule has 0 spiro atoms. The van der Waals surface area contributed by atoms with Gasteiger partial charge in [0.25, 0.3) is 0 Å². The van der Waals surface area contributed by atoms with Gasteiger partial charge < -0.3 is 19.3 Å². The smallest absolute Gasteiger partial charge is 0.238 e. The zero-order chi connectivity index (χ0) is 17.4. The molecule has 0 saturated carbocycles. The maximum Gasteiger partial charge on any atom is 0.238 e. The van der Waals surface area contributed by atoms with Gasteiger partial charge in [0.05, 0.1) is 19.0 Å². The molecule has 0 fully saturated rings. The second kappa shape index (κ2) is 9.22. The van der Waals surface area contributed by atoms with Gasteiger partial charge in [-0.1, -0.05) is 12.1 Å². The lowest BCUT2D eigenvalue weighted by Gasteiger charge is -2.14. The fourth-order valence-electron chi connectivity index (χ4n) is 2.03. The van der Waals surface area contributed by atoms with Crippen LogP contribution < -0.4 is 14.8 Å². The first-order chi connectivity index (χ1) is 11.6. The number of hydrogen-bond donors (Lipinski definition) is 1. The molecule has 1 aromatic heterocycles. The Hall–Kier alpha value is -2.15. The number of methoxy groups -OCH3 is 1. The molecule has 7 heteroatoms. The highest BCUT2D eigenvalue weighted by atomic mass is 32.2. The van der Waals surface area contributed by atoms with Crippen molar-refractivity contribution in [1.29, 1.82) is 0 Å². The van der Waals surface area contributed by atoms with Crippen molar-refractivity contribution in [1.82, 2.24) is 5.16 Å². The quantitative estimate of drug-likeness (QED) is 0.698. The van der Waals surface area contributed by atoms with E-state index in [0.29, 0.717) is 18.2 Å². The lowest BCUT2D eigenvalue weighted by molar-refractivity contribution is -0.115. The molecule has 6 nitrogen and oxygen atoms in total. The molecule has 0 unspecified atom stereocenters. The van der Waals surface area contributed by atoms with Crippen molar-refractivity contribution >= 4 is 23.5 Å². The molecule has 1 N–H and O–H groups in total. The lowest BCUT2D eigenvalue weighted by atomic mass is 10.3. The van der Waals surface area contributed by atoms with E-state index in [1.165, 1.54) is 0 Å². The first kappa shape index (κ1) is 18.2. The Bertz CT molecular complexity index is 642. The van der Waals surface area contributed by atoms with E-state index in [1.807, 2.05) is 31.2 Å². The van der Waals surface area contributed by atoms with Crippen molar-refractivity contribution in [2.24, 2.45) is 0 Å². The summed E-state index contributed by atoms with van der Waals surface area (Å²) >= 11 is 1.56. The van der Waals surface area contributed by atoms with E-state index in [9.17, 15) is 4.79 Å². The van der Waals surface area contributed by atoms with Gasteiger partial charge in [0, 0.05) is 11.8 Å². The second-order valence-electron chi connectivity index (χ2n) is 5.10. The van der Waals surface area contributed by atoms with E-state index in [2.05, 4.69) is 10.5 Å². The number of ether oxygens (including phenoxy) is 2. The van der Waals surface area contributed by atoms with Crippen molar-refractivity contribution < 1.29 is 18.8 Å². The lowest BCUT2D eigenvalue weighted by Crippen LogP contribution is -2.25. The van der Waals surface area contributed by atoms with Gasteiger partial charge in [0.1, 0.15) is 17.3 Å². The molecule has 1 heterocycles. The number of aromatic nitrogens is 1. The van der Waals surface area contributed by atoms with Crippen LogP contribution in [0.5, 0.6) is 11.5 Å². The molecule has 0 aliphatic heterocycles. The molecular weight excluding hydrogens is 328 g/mol. The Morgan fingerprint density at radius 3 is 2.62 bits per heavy atom. The van der Waals surface area contributed by atoms with E-state index in [1.54, 1.807) is 31.9 Å². The summed E-state index contributed by atoms with van der Waals surface area (Å²) in [6, 6.07) is 9.12. The third-order valence-electron chi connectivity index (χ3n) is 3.27. The largest absolute Gasteiger partial charge is 0.497 e. The molecular formula is C17H22N2O4S. The number of rotatable bonds is 9. The molecule has 0 radical (unpaired) electrons. The van der Waals surface area contributed by atoms with Crippen LogP contribution >= 0.6 is 11.8 Å². The fraction of sp³-hybridized carbons (Fsp3) is 0.412. The number of nitrogens with zero attached hydrogens (tertiary/aromatic N) is 1. The van der Waals surface area contributed by atoms with Gasteiger partial charge in [-0.15, -0.1) is 11.8 Å². The topological polar surface area (TPSA) is 73.6 Å². The summed E-state index contributed by atoms with van der Waals surface area (Å²) in [6.45, 7) is 4.30. The molecule has 1 amide bonds. The average Bonchev–Trinajstić information content (AvgIpc) is 3.00. The monoisotopic (exact) mass is 350 g/mol. The van der Waals surface area contributed by atoms with Crippen LogP contribution in [-0.2, 0) is 4.79 Å². The van der Waals surface area contributed by atoms with Crippen LogP contribution in [0.25, 0.3) is 0 Å². The van der Waals surface area contributed by atoms with Gasteiger partial charge in [0.15, 0.2) is 5.82 Å². The Morgan fingerprint density at radius 1 is 1.33 bits per heavy atom. The van der Waals surface area contributed by atoms with Crippen LogP contribution in [0.4, 0.5) is 5.82 Å². The number of aryl methyl sites for hydroxylation is 1. The fourth-order valence-corrected chi connectivity index (χ4v) is 2.94. The van der Waals surface area contributed by atoms with Crippen LogP contribution in [0.1, 0.15) is 19.1 Å². The van der Waals surface area contributed by atoms with Crippen molar-refractivity contribution in [3.05, 3.63) is 36.1 Å². The normalized spacial score (nSPS) is 11.8. The average molecular weight is 350 g/mol. The highest BCUT2D eigenvalue weighted by Crippen LogP contribution is 2.20. The molecule has 1 aromatic carbocycles. The summed E-state index contributed by atoms with van der Waals surface area (Å²) in [5.74, 6) is 3.34. The predicted molar refractivity (Wildman–Crippen MR) is 94.9 cm³/mol. The van der Waals surface area contributed by atoms with E-state index < -0.39 is 0 Å². The van der Waals surface area contributed by atoms with E-state index in [-0.39, 0.29) is 11.2 Å². The Labute approximate surface area is 145 Å². The number of nitrogens with one attached hydrogen (secondary N) is 1. The van der Waals surface area contributed by atoms with Crippen molar-refractivity contribution in [3.8, 4) is 11.5 Å². The van der Waals surface area contributed by atoms with Crippen LogP contribution in [-0.4, -0.2) is 35.8 Å². The zero-order valence-electron chi connectivity index (χ0n) is 14.1. The molecule has 0 aliphatic carbocycles. The minimum atomic E-state index is -0.151. The molecule has 2 aromatic rings. The number of amides is 1. The number of hydrogen-bond acceptors (Lipinski definition) is 6. The number of thioether (sulfide) groups is 1. The van der Waals surface area contributed by atoms with Crippen molar-refractivity contribution in [2.75, 3.05) is 24.8 Å². The third kappa shape index (κ3) is 5.49. The Morgan fingerprint density at radius 2 is 2.04 bits per heavy atom. The van der Waals surface area contributed by atoms with Crippen molar-refractivity contribution in [2.45, 2.75) is 25.5 Å². The zero-order valence-corrected chi connectivity index (χ0v) is 14.9. The first-order valence-corrected chi connectivity index (χ1v) is 8.80. The summed E-state index contributed by atoms with van der Waals surface area (Å²) in [6.07, 6.45) is 0.732. The van der Waals surface area contributed by atoms with Gasteiger partial charge in [-0.3, -0.25) is 4.79 Å². The maximum atomic E-state index is 12.2. The summed E-state index contributed by atoms with van der Waals surface area (Å²) in [5, 5.41) is 6.39. The highest BCUT2D eigenvalue weighted by Gasteiger charge is 2.18. The number of carbonyl (C=O) groups excluding carboxylic acids is 1. The third-order valence-corrected chi connectivity index (χ3v) is 4.63. The standard InChI is InChI=1S/C17H22N2O4S/c1-4-15(17(20)18-16-11-12(2)23-19-16)24-10-9-22-14-7-5-13(21-3)6-8-14/h5-8,11,15H,4,9-10H2,1-3H3,(H,18,19,20)/t15-/m0/s1. The Balaban J connectivity index is 1.73. The molecule has 0 saturated heterocycles. The van der Waals surface area contributed by atoms with E-state index in [0.717, 1.165) is 23.7 Å². The van der Waals surface area contributed by atoms with Gasteiger partial charge in [-0.05, 0) is 37.6 Å². The molecule has 24 heavy (non-hydrogen) atoms. The summed E-state index contributed by atoms with van der Waals surface area (Å²) in [4.78, 5) is 12.2. The molecule has 1 atom stereocenters. The number of carbonyl (C=O) groups is 1. The molecule has 2 rings (SSSR count). The minimum absolute atomic E-state index is 0.0692. The highest BCUT2D eigenvalue weighted by molar-refractivity contribution is 8.00. The van der Waals surface area contributed by atoms with Crippen LogP contribution in [0.15, 0.2) is 34.9 Å². The summed E-state index contributed by atoms with van der Waals surface area (Å²) in [5.41, 5.74) is 0. The van der Waals surface area contributed by atoms with Gasteiger partial charge in [-0.25, -0.2) is 0 Å².